The lowest BCUT2D eigenvalue weighted by molar-refractivity contribution is -0.138. The van der Waals surface area contributed by atoms with E-state index in [1.54, 1.807) is 13.8 Å². The maximum absolute atomic E-state index is 13.0. The van der Waals surface area contributed by atoms with Gasteiger partial charge in [-0.2, -0.15) is 0 Å². The van der Waals surface area contributed by atoms with Gasteiger partial charge in [-0.3, -0.25) is 9.69 Å². The molecule has 0 heterocycles. The summed E-state index contributed by atoms with van der Waals surface area (Å²) in [4.78, 5) is 26.3. The van der Waals surface area contributed by atoms with Gasteiger partial charge in [0.1, 0.15) is 12.4 Å². The van der Waals surface area contributed by atoms with Crippen LogP contribution in [0.2, 0.25) is 0 Å². The van der Waals surface area contributed by atoms with E-state index in [4.69, 9.17) is 5.11 Å². The van der Waals surface area contributed by atoms with Crippen LogP contribution < -0.4 is 4.90 Å². The van der Waals surface area contributed by atoms with Gasteiger partial charge in [-0.15, -0.1) is 0 Å². The molecule has 2 amide bonds. The average molecular weight is 296 g/mol. The summed E-state index contributed by atoms with van der Waals surface area (Å²) in [5.41, 5.74) is 0.544. The van der Waals surface area contributed by atoms with E-state index in [0.29, 0.717) is 18.7 Å². The SMILES string of the molecule is CCC(C)N(CC(=O)O)C(=O)N(CC)c1ccc(F)cc1. The van der Waals surface area contributed by atoms with Gasteiger partial charge in [0, 0.05) is 18.3 Å². The first-order valence-electron chi connectivity index (χ1n) is 6.96. The van der Waals surface area contributed by atoms with E-state index in [0.717, 1.165) is 0 Å². The van der Waals surface area contributed by atoms with Gasteiger partial charge in [0.15, 0.2) is 0 Å². The second-order valence-electron chi connectivity index (χ2n) is 4.78. The van der Waals surface area contributed by atoms with Gasteiger partial charge in [0.05, 0.1) is 0 Å². The van der Waals surface area contributed by atoms with Crippen LogP contribution >= 0.6 is 0 Å². The maximum Gasteiger partial charge on any atom is 0.325 e. The number of benzene rings is 1. The molecule has 0 aliphatic rings. The Morgan fingerprint density at radius 3 is 2.24 bits per heavy atom. The number of carbonyl (C=O) groups excluding carboxylic acids is 1. The third-order valence-electron chi connectivity index (χ3n) is 3.36. The van der Waals surface area contributed by atoms with Gasteiger partial charge in [0.2, 0.25) is 0 Å². The summed E-state index contributed by atoms with van der Waals surface area (Å²) in [6.07, 6.45) is 0.653. The lowest BCUT2D eigenvalue weighted by atomic mass is 10.2. The number of aliphatic carboxylic acids is 1. The Labute approximate surface area is 124 Å². The number of nitrogens with zero attached hydrogens (tertiary/aromatic N) is 2. The minimum atomic E-state index is -1.06. The summed E-state index contributed by atoms with van der Waals surface area (Å²) in [6, 6.07) is 4.98. The van der Waals surface area contributed by atoms with Crippen molar-refractivity contribution in [1.82, 2.24) is 4.90 Å². The number of carbonyl (C=O) groups is 2. The number of hydrogen-bond donors (Lipinski definition) is 1. The fraction of sp³-hybridized carbons (Fsp3) is 0.467. The third-order valence-corrected chi connectivity index (χ3v) is 3.36. The normalized spacial score (nSPS) is 11.8. The lowest BCUT2D eigenvalue weighted by Gasteiger charge is -2.32. The molecule has 1 unspecified atom stereocenters. The number of amides is 2. The van der Waals surface area contributed by atoms with Crippen molar-refractivity contribution in [2.24, 2.45) is 0 Å². The number of urea groups is 1. The number of hydrogen-bond acceptors (Lipinski definition) is 2. The molecular formula is C15H21FN2O3. The van der Waals surface area contributed by atoms with Crippen molar-refractivity contribution in [3.8, 4) is 0 Å². The minimum Gasteiger partial charge on any atom is -0.480 e. The van der Waals surface area contributed by atoms with E-state index in [-0.39, 0.29) is 24.4 Å². The molecule has 0 aliphatic carbocycles. The molecule has 0 aliphatic heterocycles. The molecule has 0 bridgehead atoms. The topological polar surface area (TPSA) is 60.9 Å². The summed E-state index contributed by atoms with van der Waals surface area (Å²) < 4.78 is 13.0. The van der Waals surface area contributed by atoms with E-state index >= 15 is 0 Å². The van der Waals surface area contributed by atoms with Crippen LogP contribution in [0.3, 0.4) is 0 Å². The molecule has 1 atom stereocenters. The molecule has 0 aromatic heterocycles. The average Bonchev–Trinajstić information content (AvgIpc) is 2.46. The molecule has 1 aromatic rings. The predicted molar refractivity (Wildman–Crippen MR) is 78.9 cm³/mol. The first-order valence-corrected chi connectivity index (χ1v) is 6.96. The molecule has 0 fully saturated rings. The molecule has 116 valence electrons. The fourth-order valence-electron chi connectivity index (χ4n) is 1.98. The van der Waals surface area contributed by atoms with Gasteiger partial charge < -0.3 is 10.0 Å². The number of halogens is 1. The van der Waals surface area contributed by atoms with Gasteiger partial charge in [-0.05, 0) is 44.5 Å². The summed E-state index contributed by atoms with van der Waals surface area (Å²) in [7, 11) is 0. The molecule has 0 saturated carbocycles. The fourth-order valence-corrected chi connectivity index (χ4v) is 1.98. The Morgan fingerprint density at radius 1 is 1.24 bits per heavy atom. The highest BCUT2D eigenvalue weighted by atomic mass is 19.1. The molecule has 5 nitrogen and oxygen atoms in total. The second-order valence-corrected chi connectivity index (χ2v) is 4.78. The van der Waals surface area contributed by atoms with E-state index in [1.165, 1.54) is 34.1 Å². The van der Waals surface area contributed by atoms with Gasteiger partial charge in [0.25, 0.3) is 0 Å². The van der Waals surface area contributed by atoms with E-state index in [9.17, 15) is 14.0 Å². The Balaban J connectivity index is 3.03. The smallest absolute Gasteiger partial charge is 0.325 e. The Bertz CT molecular complexity index is 490. The monoisotopic (exact) mass is 296 g/mol. The summed E-state index contributed by atoms with van der Waals surface area (Å²) in [5, 5.41) is 8.98. The largest absolute Gasteiger partial charge is 0.480 e. The van der Waals surface area contributed by atoms with Crippen molar-refractivity contribution in [1.29, 1.82) is 0 Å². The zero-order chi connectivity index (χ0) is 16.0. The summed E-state index contributed by atoms with van der Waals surface area (Å²) in [6.45, 7) is 5.50. The van der Waals surface area contributed by atoms with Crippen LogP contribution in [0, 0.1) is 5.82 Å². The molecule has 1 rings (SSSR count). The third kappa shape index (κ3) is 4.44. The van der Waals surface area contributed by atoms with Crippen molar-refractivity contribution >= 4 is 17.7 Å². The number of carboxylic acids is 1. The van der Waals surface area contributed by atoms with Crippen molar-refractivity contribution in [2.45, 2.75) is 33.2 Å². The highest BCUT2D eigenvalue weighted by Crippen LogP contribution is 2.18. The number of rotatable bonds is 6. The van der Waals surface area contributed by atoms with Crippen LogP contribution in [0.25, 0.3) is 0 Å². The molecule has 1 aromatic carbocycles. The van der Waals surface area contributed by atoms with Crippen LogP contribution in [0.4, 0.5) is 14.9 Å². The van der Waals surface area contributed by atoms with Crippen molar-refractivity contribution in [3.05, 3.63) is 30.1 Å². The van der Waals surface area contributed by atoms with Gasteiger partial charge >= 0.3 is 12.0 Å². The van der Waals surface area contributed by atoms with Gasteiger partial charge in [-0.1, -0.05) is 6.92 Å². The van der Waals surface area contributed by atoms with Crippen LogP contribution in [0.1, 0.15) is 27.2 Å². The zero-order valence-electron chi connectivity index (χ0n) is 12.5. The zero-order valence-corrected chi connectivity index (χ0v) is 12.5. The quantitative estimate of drug-likeness (QED) is 0.878. The Hall–Kier alpha value is -2.11. The lowest BCUT2D eigenvalue weighted by Crippen LogP contribution is -2.49. The standard InChI is InChI=1S/C15H21FN2O3/c1-4-11(3)18(10-14(19)20)15(21)17(5-2)13-8-6-12(16)7-9-13/h6-9,11H,4-5,10H2,1-3H3,(H,19,20). The maximum atomic E-state index is 13.0. The Kier molecular flexibility index (Phi) is 6.14. The molecule has 21 heavy (non-hydrogen) atoms. The summed E-state index contributed by atoms with van der Waals surface area (Å²) in [5.74, 6) is -1.44. The number of anilines is 1. The molecular weight excluding hydrogens is 275 g/mol. The molecule has 6 heteroatoms. The van der Waals surface area contributed by atoms with Crippen molar-refractivity contribution in [3.63, 3.8) is 0 Å². The van der Waals surface area contributed by atoms with E-state index in [1.807, 2.05) is 6.92 Å². The molecule has 0 radical (unpaired) electrons. The number of carboxylic acid groups (broad SMARTS) is 1. The van der Waals surface area contributed by atoms with Crippen molar-refractivity contribution < 1.29 is 19.1 Å². The van der Waals surface area contributed by atoms with Crippen LogP contribution in [0.15, 0.2) is 24.3 Å². The van der Waals surface area contributed by atoms with Crippen molar-refractivity contribution in [2.75, 3.05) is 18.0 Å². The van der Waals surface area contributed by atoms with E-state index < -0.39 is 5.97 Å². The minimum absolute atomic E-state index is 0.192. The van der Waals surface area contributed by atoms with Crippen LogP contribution in [0.5, 0.6) is 0 Å². The molecule has 0 spiro atoms. The Morgan fingerprint density at radius 2 is 1.81 bits per heavy atom. The molecule has 1 N–H and O–H groups in total. The van der Waals surface area contributed by atoms with Gasteiger partial charge in [-0.25, -0.2) is 9.18 Å². The van der Waals surface area contributed by atoms with Crippen LogP contribution in [-0.2, 0) is 4.79 Å². The highest BCUT2D eigenvalue weighted by molar-refractivity contribution is 5.93. The highest BCUT2D eigenvalue weighted by Gasteiger charge is 2.26. The first kappa shape index (κ1) is 16.9. The molecule has 0 saturated heterocycles. The van der Waals surface area contributed by atoms with E-state index in [2.05, 4.69) is 0 Å². The predicted octanol–water partition coefficient (Wildman–Crippen LogP) is 2.96. The first-order chi connectivity index (χ1) is 9.90. The van der Waals surface area contributed by atoms with Crippen LogP contribution in [-0.4, -0.2) is 41.1 Å². The summed E-state index contributed by atoms with van der Waals surface area (Å²) >= 11 is 0. The second kappa shape index (κ2) is 7.61.